The molecule has 0 unspecified atom stereocenters. The fourth-order valence-corrected chi connectivity index (χ4v) is 4.48. The summed E-state index contributed by atoms with van der Waals surface area (Å²) in [4.78, 5) is 27.0. The van der Waals surface area contributed by atoms with E-state index >= 15 is 0 Å². The molecular weight excluding hydrogens is 304 g/mol. The van der Waals surface area contributed by atoms with Gasteiger partial charge in [0.1, 0.15) is 6.04 Å². The third-order valence-electron chi connectivity index (χ3n) is 6.13. The number of carbonyl (C=O) groups excluding carboxylic acids is 2. The number of rotatable bonds is 4. The molecule has 5 heteroatoms. The zero-order valence-corrected chi connectivity index (χ0v) is 14.9. The number of amides is 2. The molecule has 1 aliphatic heterocycles. The van der Waals surface area contributed by atoms with E-state index in [1.165, 1.54) is 44.9 Å². The van der Waals surface area contributed by atoms with Gasteiger partial charge in [-0.1, -0.05) is 25.7 Å². The Kier molecular flexibility index (Phi) is 5.48. The minimum atomic E-state index is -0.854. The van der Waals surface area contributed by atoms with Crippen LogP contribution in [0.5, 0.6) is 0 Å². The minimum Gasteiger partial charge on any atom is -0.391 e. The molecule has 5 nitrogen and oxygen atoms in total. The molecule has 2 saturated carbocycles. The molecule has 0 bridgehead atoms. The van der Waals surface area contributed by atoms with Crippen LogP contribution in [0.2, 0.25) is 0 Å². The molecule has 1 heterocycles. The van der Waals surface area contributed by atoms with Gasteiger partial charge in [-0.2, -0.15) is 0 Å². The van der Waals surface area contributed by atoms with Crippen LogP contribution in [-0.2, 0) is 9.59 Å². The minimum absolute atomic E-state index is 0.0496. The lowest BCUT2D eigenvalue weighted by Crippen LogP contribution is -2.57. The Morgan fingerprint density at radius 3 is 2.29 bits per heavy atom. The van der Waals surface area contributed by atoms with Crippen LogP contribution in [0.25, 0.3) is 0 Å². The van der Waals surface area contributed by atoms with Gasteiger partial charge < -0.3 is 15.3 Å². The Morgan fingerprint density at radius 2 is 1.71 bits per heavy atom. The van der Waals surface area contributed by atoms with Crippen molar-refractivity contribution in [1.82, 2.24) is 10.2 Å². The van der Waals surface area contributed by atoms with Crippen LogP contribution >= 0.6 is 0 Å². The molecule has 2 atom stereocenters. The molecule has 136 valence electrons. The fraction of sp³-hybridized carbons (Fsp3) is 0.895. The molecule has 0 radical (unpaired) electrons. The van der Waals surface area contributed by atoms with Crippen LogP contribution in [-0.4, -0.2) is 47.1 Å². The second-order valence-corrected chi connectivity index (χ2v) is 8.28. The molecule has 2 aliphatic carbocycles. The van der Waals surface area contributed by atoms with Gasteiger partial charge in [-0.05, 0) is 50.9 Å². The predicted molar refractivity (Wildman–Crippen MR) is 92.3 cm³/mol. The predicted octanol–water partition coefficient (Wildman–Crippen LogP) is 2.22. The van der Waals surface area contributed by atoms with E-state index < -0.39 is 12.1 Å². The van der Waals surface area contributed by atoms with E-state index in [4.69, 9.17) is 0 Å². The van der Waals surface area contributed by atoms with Gasteiger partial charge in [0.05, 0.1) is 6.10 Å². The smallest absolute Gasteiger partial charge is 0.247 e. The first-order chi connectivity index (χ1) is 11.5. The van der Waals surface area contributed by atoms with Gasteiger partial charge in [0.25, 0.3) is 0 Å². The lowest BCUT2D eigenvalue weighted by molar-refractivity contribution is -0.142. The van der Waals surface area contributed by atoms with Gasteiger partial charge in [0.2, 0.25) is 11.8 Å². The number of piperidine rings is 1. The van der Waals surface area contributed by atoms with Crippen molar-refractivity contribution in [2.45, 2.75) is 83.3 Å². The third kappa shape index (κ3) is 4.11. The molecule has 1 spiro atoms. The van der Waals surface area contributed by atoms with Crippen LogP contribution in [0.1, 0.15) is 71.1 Å². The number of nitrogens with zero attached hydrogens (tertiary/aromatic N) is 1. The fourth-order valence-electron chi connectivity index (χ4n) is 4.48. The van der Waals surface area contributed by atoms with Gasteiger partial charge in [0, 0.05) is 19.0 Å². The van der Waals surface area contributed by atoms with E-state index in [-0.39, 0.29) is 23.1 Å². The molecule has 1 saturated heterocycles. The highest BCUT2D eigenvalue weighted by Gasteiger charge is 2.41. The Hall–Kier alpha value is -1.10. The maximum Gasteiger partial charge on any atom is 0.247 e. The summed E-state index contributed by atoms with van der Waals surface area (Å²) < 4.78 is 0. The Labute approximate surface area is 145 Å². The normalized spacial score (nSPS) is 26.5. The lowest BCUT2D eigenvalue weighted by Gasteiger charge is -2.44. The molecule has 2 N–H and O–H groups in total. The topological polar surface area (TPSA) is 69.6 Å². The number of nitrogens with one attached hydrogen (secondary N) is 1. The molecular formula is C19H32N2O3. The maximum absolute atomic E-state index is 13.0. The van der Waals surface area contributed by atoms with Crippen LogP contribution in [0, 0.1) is 11.3 Å². The van der Waals surface area contributed by atoms with E-state index in [0.717, 1.165) is 32.4 Å². The molecule has 3 fully saturated rings. The van der Waals surface area contributed by atoms with Crippen LogP contribution in [0.4, 0.5) is 0 Å². The Morgan fingerprint density at radius 1 is 1.08 bits per heavy atom. The number of hydrogen-bond acceptors (Lipinski definition) is 3. The summed E-state index contributed by atoms with van der Waals surface area (Å²) >= 11 is 0. The molecule has 0 aromatic carbocycles. The SMILES string of the molecule is C[C@H](O)[C@@H](NC(=O)C1CC1)C(=O)N1CCCC2(CCCCCC2)C1. The van der Waals surface area contributed by atoms with Crippen molar-refractivity contribution in [2.24, 2.45) is 11.3 Å². The van der Waals surface area contributed by atoms with E-state index in [1.54, 1.807) is 6.92 Å². The number of hydrogen-bond donors (Lipinski definition) is 2. The number of aliphatic hydroxyl groups is 1. The number of likely N-dealkylation sites (tertiary alicyclic amines) is 1. The first kappa shape index (κ1) is 17.7. The molecule has 24 heavy (non-hydrogen) atoms. The van der Waals surface area contributed by atoms with Crippen molar-refractivity contribution in [1.29, 1.82) is 0 Å². The van der Waals surface area contributed by atoms with Gasteiger partial charge in [-0.25, -0.2) is 0 Å². The summed E-state index contributed by atoms with van der Waals surface area (Å²) in [5, 5.41) is 12.8. The average molecular weight is 336 g/mol. The second kappa shape index (κ2) is 7.42. The molecule has 2 amide bonds. The van der Waals surface area contributed by atoms with Crippen molar-refractivity contribution in [3.63, 3.8) is 0 Å². The van der Waals surface area contributed by atoms with E-state index in [1.807, 2.05) is 4.90 Å². The zero-order chi connectivity index (χ0) is 17.2. The van der Waals surface area contributed by atoms with Gasteiger partial charge in [-0.15, -0.1) is 0 Å². The average Bonchev–Trinajstić information content (AvgIpc) is 3.40. The first-order valence-corrected chi connectivity index (χ1v) is 9.78. The van der Waals surface area contributed by atoms with Crippen molar-refractivity contribution in [2.75, 3.05) is 13.1 Å². The van der Waals surface area contributed by atoms with Gasteiger partial charge in [-0.3, -0.25) is 9.59 Å². The highest BCUT2D eigenvalue weighted by Crippen LogP contribution is 2.42. The highest BCUT2D eigenvalue weighted by molar-refractivity contribution is 5.89. The van der Waals surface area contributed by atoms with Crippen molar-refractivity contribution in [3.8, 4) is 0 Å². The van der Waals surface area contributed by atoms with Gasteiger partial charge in [0.15, 0.2) is 0 Å². The maximum atomic E-state index is 13.0. The highest BCUT2D eigenvalue weighted by atomic mass is 16.3. The lowest BCUT2D eigenvalue weighted by atomic mass is 9.74. The van der Waals surface area contributed by atoms with Crippen LogP contribution in [0.3, 0.4) is 0 Å². The van der Waals surface area contributed by atoms with Crippen LogP contribution < -0.4 is 5.32 Å². The molecule has 0 aromatic heterocycles. The second-order valence-electron chi connectivity index (χ2n) is 8.28. The summed E-state index contributed by atoms with van der Waals surface area (Å²) in [6.07, 6.45) is 10.8. The summed E-state index contributed by atoms with van der Waals surface area (Å²) in [5.41, 5.74) is 0.272. The first-order valence-electron chi connectivity index (χ1n) is 9.78. The largest absolute Gasteiger partial charge is 0.391 e. The van der Waals surface area contributed by atoms with E-state index in [9.17, 15) is 14.7 Å². The summed E-state index contributed by atoms with van der Waals surface area (Å²) in [6.45, 7) is 3.15. The molecule has 0 aromatic rings. The van der Waals surface area contributed by atoms with Crippen LogP contribution in [0.15, 0.2) is 0 Å². The van der Waals surface area contributed by atoms with Crippen molar-refractivity contribution < 1.29 is 14.7 Å². The number of carbonyl (C=O) groups is 2. The number of aliphatic hydroxyl groups excluding tert-OH is 1. The van der Waals surface area contributed by atoms with Gasteiger partial charge >= 0.3 is 0 Å². The summed E-state index contributed by atoms with van der Waals surface area (Å²) in [5.74, 6) is -0.119. The summed E-state index contributed by atoms with van der Waals surface area (Å²) in [6, 6.07) is -0.793. The van der Waals surface area contributed by atoms with Crippen molar-refractivity contribution in [3.05, 3.63) is 0 Å². The Bertz CT molecular complexity index is 465. The van der Waals surface area contributed by atoms with E-state index in [0.29, 0.717) is 0 Å². The quantitative estimate of drug-likeness (QED) is 0.827. The van der Waals surface area contributed by atoms with E-state index in [2.05, 4.69) is 5.32 Å². The molecule has 3 rings (SSSR count). The van der Waals surface area contributed by atoms with Crippen molar-refractivity contribution >= 4 is 11.8 Å². The standard InChI is InChI=1S/C19H32N2O3/c1-14(22)16(20-17(23)15-7-8-15)18(24)21-12-6-11-19(13-21)9-4-2-3-5-10-19/h14-16,22H,2-13H2,1H3,(H,20,23)/t14-,16+/m0/s1. The monoisotopic (exact) mass is 336 g/mol. The third-order valence-corrected chi connectivity index (χ3v) is 6.13. The molecule has 3 aliphatic rings. The summed E-state index contributed by atoms with van der Waals surface area (Å²) in [7, 11) is 0. The Balaban J connectivity index is 1.65. The zero-order valence-electron chi connectivity index (χ0n) is 14.9.